The molecule has 1 aliphatic rings. The number of nitrogens with two attached hydrogens (primary N) is 2. The molecule has 2 rings (SSSR count). The van der Waals surface area contributed by atoms with Crippen LogP contribution in [0.15, 0.2) is 17.5 Å². The molecule has 22 heavy (non-hydrogen) atoms. The van der Waals surface area contributed by atoms with Crippen LogP contribution in [0.4, 0.5) is 4.79 Å². The second-order valence-corrected chi connectivity index (χ2v) is 6.23. The van der Waals surface area contributed by atoms with Crippen molar-refractivity contribution in [3.63, 3.8) is 0 Å². The van der Waals surface area contributed by atoms with Gasteiger partial charge < -0.3 is 21.7 Å². The predicted octanol–water partition coefficient (Wildman–Crippen LogP) is 1.61. The average molecular weight is 347 g/mol. The molecule has 8 heteroatoms. The molecule has 1 aliphatic heterocycles. The standard InChI is InChI=1S/C14H22N4O2S.ClH/c15-9-10-4-1-2-6-18(10)13(19)8-11(17-14(16)20)12-5-3-7-21-12;/h3,5,7,10-11H,1-2,4,6,8-9,15H2,(H3,16,17,20);1H. The van der Waals surface area contributed by atoms with Gasteiger partial charge in [-0.05, 0) is 30.7 Å². The van der Waals surface area contributed by atoms with Gasteiger partial charge in [0.2, 0.25) is 5.91 Å². The molecule has 0 spiro atoms. The number of rotatable bonds is 5. The normalized spacial score (nSPS) is 19.1. The molecule has 0 aromatic carbocycles. The van der Waals surface area contributed by atoms with Crippen LogP contribution in [0.5, 0.6) is 0 Å². The van der Waals surface area contributed by atoms with Gasteiger partial charge in [0.25, 0.3) is 0 Å². The van der Waals surface area contributed by atoms with E-state index in [4.69, 9.17) is 11.5 Å². The molecule has 0 aliphatic carbocycles. The number of halogens is 1. The Hall–Kier alpha value is -1.31. The Balaban J connectivity index is 0.00000242. The summed E-state index contributed by atoms with van der Waals surface area (Å²) in [6.45, 7) is 1.23. The van der Waals surface area contributed by atoms with Gasteiger partial charge in [-0.2, -0.15) is 0 Å². The van der Waals surface area contributed by atoms with Crippen LogP contribution in [0.1, 0.15) is 36.6 Å². The van der Waals surface area contributed by atoms with Crippen molar-refractivity contribution in [2.45, 2.75) is 37.8 Å². The minimum atomic E-state index is -0.616. The molecule has 2 unspecified atom stereocenters. The SMILES string of the molecule is Cl.NCC1CCCCN1C(=O)CC(NC(N)=O)c1cccs1. The van der Waals surface area contributed by atoms with Gasteiger partial charge in [0, 0.05) is 24.0 Å². The van der Waals surface area contributed by atoms with Gasteiger partial charge in [-0.15, -0.1) is 23.7 Å². The third kappa shape index (κ3) is 4.86. The maximum Gasteiger partial charge on any atom is 0.312 e. The van der Waals surface area contributed by atoms with Crippen LogP contribution in [0.3, 0.4) is 0 Å². The van der Waals surface area contributed by atoms with Crippen molar-refractivity contribution in [3.05, 3.63) is 22.4 Å². The van der Waals surface area contributed by atoms with Crippen molar-refractivity contribution in [1.29, 1.82) is 0 Å². The summed E-state index contributed by atoms with van der Waals surface area (Å²) in [7, 11) is 0. The number of likely N-dealkylation sites (tertiary alicyclic amines) is 1. The number of thiophene rings is 1. The number of carbonyl (C=O) groups is 2. The average Bonchev–Trinajstić information content (AvgIpc) is 3.00. The van der Waals surface area contributed by atoms with Crippen molar-refractivity contribution in [1.82, 2.24) is 10.2 Å². The van der Waals surface area contributed by atoms with Crippen LogP contribution < -0.4 is 16.8 Å². The van der Waals surface area contributed by atoms with Crippen molar-refractivity contribution >= 4 is 35.7 Å². The number of amides is 3. The van der Waals surface area contributed by atoms with Crippen molar-refractivity contribution in [3.8, 4) is 0 Å². The molecule has 0 saturated carbocycles. The lowest BCUT2D eigenvalue weighted by molar-refractivity contribution is -0.135. The Morgan fingerprint density at radius 2 is 2.23 bits per heavy atom. The number of urea groups is 1. The summed E-state index contributed by atoms with van der Waals surface area (Å²) >= 11 is 1.50. The van der Waals surface area contributed by atoms with E-state index in [0.717, 1.165) is 30.7 Å². The Morgan fingerprint density at radius 3 is 2.82 bits per heavy atom. The number of hydrogen-bond acceptors (Lipinski definition) is 4. The van der Waals surface area contributed by atoms with Gasteiger partial charge in [-0.1, -0.05) is 6.07 Å². The summed E-state index contributed by atoms with van der Waals surface area (Å²) in [6.07, 6.45) is 3.30. The molecule has 124 valence electrons. The van der Waals surface area contributed by atoms with E-state index in [-0.39, 0.29) is 36.8 Å². The minimum absolute atomic E-state index is 0. The maximum atomic E-state index is 12.5. The molecule has 0 bridgehead atoms. The van der Waals surface area contributed by atoms with Crippen LogP contribution in [0.2, 0.25) is 0 Å². The zero-order valence-corrected chi connectivity index (χ0v) is 14.0. The second kappa shape index (κ2) is 8.97. The predicted molar refractivity (Wildman–Crippen MR) is 90.1 cm³/mol. The van der Waals surface area contributed by atoms with Crippen LogP contribution in [0, 0.1) is 0 Å². The first-order valence-corrected chi connectivity index (χ1v) is 8.08. The molecular weight excluding hydrogens is 324 g/mol. The third-order valence-electron chi connectivity index (χ3n) is 3.80. The first-order valence-electron chi connectivity index (χ1n) is 7.20. The van der Waals surface area contributed by atoms with E-state index >= 15 is 0 Å². The highest BCUT2D eigenvalue weighted by Crippen LogP contribution is 2.25. The van der Waals surface area contributed by atoms with Crippen LogP contribution >= 0.6 is 23.7 Å². The number of nitrogens with one attached hydrogen (secondary N) is 1. The van der Waals surface area contributed by atoms with E-state index in [9.17, 15) is 9.59 Å². The third-order valence-corrected chi connectivity index (χ3v) is 4.79. The molecule has 2 atom stereocenters. The molecule has 5 N–H and O–H groups in total. The molecule has 3 amide bonds. The van der Waals surface area contributed by atoms with Gasteiger partial charge in [-0.25, -0.2) is 4.79 Å². The van der Waals surface area contributed by atoms with E-state index < -0.39 is 6.03 Å². The van der Waals surface area contributed by atoms with Crippen LogP contribution in [-0.4, -0.2) is 36.0 Å². The fraction of sp³-hybridized carbons (Fsp3) is 0.571. The summed E-state index contributed by atoms with van der Waals surface area (Å²) in [4.78, 5) is 26.5. The van der Waals surface area contributed by atoms with Gasteiger partial charge in [0.15, 0.2) is 0 Å². The highest BCUT2D eigenvalue weighted by Gasteiger charge is 2.28. The summed E-state index contributed by atoms with van der Waals surface area (Å²) in [5, 5.41) is 4.57. The van der Waals surface area contributed by atoms with E-state index in [0.29, 0.717) is 6.54 Å². The van der Waals surface area contributed by atoms with E-state index in [1.165, 1.54) is 11.3 Å². The summed E-state index contributed by atoms with van der Waals surface area (Å²) < 4.78 is 0. The van der Waals surface area contributed by atoms with Gasteiger partial charge in [-0.3, -0.25) is 4.79 Å². The van der Waals surface area contributed by atoms with Gasteiger partial charge in [0.05, 0.1) is 12.5 Å². The zero-order valence-electron chi connectivity index (χ0n) is 12.4. The van der Waals surface area contributed by atoms with Crippen LogP contribution in [-0.2, 0) is 4.79 Å². The fourth-order valence-electron chi connectivity index (χ4n) is 2.75. The summed E-state index contributed by atoms with van der Waals surface area (Å²) in [5.41, 5.74) is 11.0. The Bertz CT molecular complexity index is 483. The molecule has 6 nitrogen and oxygen atoms in total. The molecular formula is C14H23ClN4O2S. The molecule has 2 heterocycles. The summed E-state index contributed by atoms with van der Waals surface area (Å²) in [5.74, 6) is 0.0253. The lowest BCUT2D eigenvalue weighted by Crippen LogP contribution is -2.48. The molecule has 0 radical (unpaired) electrons. The van der Waals surface area contributed by atoms with E-state index in [1.54, 1.807) is 0 Å². The van der Waals surface area contributed by atoms with Gasteiger partial charge in [0.1, 0.15) is 0 Å². The van der Waals surface area contributed by atoms with Gasteiger partial charge >= 0.3 is 6.03 Å². The first kappa shape index (κ1) is 18.7. The highest BCUT2D eigenvalue weighted by molar-refractivity contribution is 7.10. The molecule has 1 aromatic rings. The topological polar surface area (TPSA) is 101 Å². The molecule has 1 saturated heterocycles. The van der Waals surface area contributed by atoms with E-state index in [2.05, 4.69) is 5.32 Å². The number of nitrogens with zero attached hydrogens (tertiary/aromatic N) is 1. The number of carbonyl (C=O) groups excluding carboxylic acids is 2. The largest absolute Gasteiger partial charge is 0.352 e. The van der Waals surface area contributed by atoms with Crippen molar-refractivity contribution < 1.29 is 9.59 Å². The molecule has 1 aromatic heterocycles. The lowest BCUT2D eigenvalue weighted by atomic mass is 10.0. The van der Waals surface area contributed by atoms with E-state index in [1.807, 2.05) is 22.4 Å². The summed E-state index contributed by atoms with van der Waals surface area (Å²) in [6, 6.07) is 2.92. The number of hydrogen-bond donors (Lipinski definition) is 3. The second-order valence-electron chi connectivity index (χ2n) is 5.25. The van der Waals surface area contributed by atoms with Crippen LogP contribution in [0.25, 0.3) is 0 Å². The fourth-order valence-corrected chi connectivity index (χ4v) is 3.53. The van der Waals surface area contributed by atoms with Crippen molar-refractivity contribution in [2.75, 3.05) is 13.1 Å². The number of primary amides is 1. The lowest BCUT2D eigenvalue weighted by Gasteiger charge is -2.36. The number of piperidine rings is 1. The Kier molecular flexibility index (Phi) is 7.64. The first-order chi connectivity index (χ1) is 10.1. The van der Waals surface area contributed by atoms with Crippen molar-refractivity contribution in [2.24, 2.45) is 11.5 Å². The highest BCUT2D eigenvalue weighted by atomic mass is 35.5. The quantitative estimate of drug-likeness (QED) is 0.754. The Labute approximate surface area is 140 Å². The minimum Gasteiger partial charge on any atom is -0.352 e. The maximum absolute atomic E-state index is 12.5. The Morgan fingerprint density at radius 1 is 1.45 bits per heavy atom. The monoisotopic (exact) mass is 346 g/mol. The molecule has 1 fully saturated rings. The smallest absolute Gasteiger partial charge is 0.312 e. The zero-order chi connectivity index (χ0) is 15.2.